The third kappa shape index (κ3) is 3.55. The van der Waals surface area contributed by atoms with Crippen LogP contribution < -0.4 is 14.8 Å². The molecule has 9 heteroatoms. The topological polar surface area (TPSA) is 61.0 Å². The minimum atomic E-state index is -1.81. The number of aromatic carboxylic acids is 1. The van der Waals surface area contributed by atoms with Crippen molar-refractivity contribution in [1.29, 1.82) is 0 Å². The summed E-state index contributed by atoms with van der Waals surface area (Å²) in [5.41, 5.74) is -0.815. The minimum absolute atomic E-state index is 0.0848. The zero-order valence-corrected chi connectivity index (χ0v) is 19.7. The maximum Gasteiger partial charge on any atom is 0.339 e. The largest absolute Gasteiger partial charge is 0.478 e. The molecule has 4 aliphatic rings. The lowest BCUT2D eigenvalue weighted by Gasteiger charge is -2.33. The lowest BCUT2D eigenvalue weighted by atomic mass is 9.88. The van der Waals surface area contributed by atoms with Crippen molar-refractivity contribution in [3.8, 4) is 22.5 Å². The van der Waals surface area contributed by atoms with Gasteiger partial charge in [-0.3, -0.25) is 0 Å². The number of benzene rings is 3. The predicted octanol–water partition coefficient (Wildman–Crippen LogP) is 5.13. The number of carboxylic acid groups (broad SMARTS) is 1. The molecule has 0 atom stereocenters. The molecule has 2 aromatic carbocycles. The Kier molecular flexibility index (Phi) is 5.41. The van der Waals surface area contributed by atoms with E-state index in [1.54, 1.807) is 24.3 Å². The van der Waals surface area contributed by atoms with Crippen molar-refractivity contribution in [2.24, 2.45) is 0 Å². The fraction of sp³-hybridized carbons (Fsp3) is 0.250. The molecule has 2 aromatic rings. The Hall–Kier alpha value is -4.32. The molecule has 3 heterocycles. The Morgan fingerprint density at radius 2 is 1.81 bits per heavy atom. The second kappa shape index (κ2) is 8.66. The van der Waals surface area contributed by atoms with Gasteiger partial charge in [0.2, 0.25) is 11.9 Å². The Morgan fingerprint density at radius 1 is 1.03 bits per heavy atom. The monoisotopic (exact) mass is 504 g/mol. The molecule has 0 radical (unpaired) electrons. The van der Waals surface area contributed by atoms with Gasteiger partial charge in [0.15, 0.2) is 11.6 Å². The van der Waals surface area contributed by atoms with Gasteiger partial charge >= 0.3 is 5.97 Å². The van der Waals surface area contributed by atoms with Crippen molar-refractivity contribution >= 4 is 22.6 Å². The average molecular weight is 504 g/mol. The van der Waals surface area contributed by atoms with E-state index in [1.807, 2.05) is 12.1 Å². The third-order valence-corrected chi connectivity index (χ3v) is 7.24. The normalized spacial score (nSPS) is 15.0. The molecule has 2 fully saturated rings. The van der Waals surface area contributed by atoms with E-state index in [4.69, 9.17) is 11.0 Å². The van der Waals surface area contributed by atoms with Crippen molar-refractivity contribution in [3.05, 3.63) is 81.8 Å². The first-order valence-corrected chi connectivity index (χ1v) is 12.0. The van der Waals surface area contributed by atoms with E-state index >= 15 is 8.78 Å². The summed E-state index contributed by atoms with van der Waals surface area (Å²) in [5.74, 6) is -6.07. The van der Waals surface area contributed by atoms with Gasteiger partial charge in [0.1, 0.15) is 41.4 Å². The second-order valence-electron chi connectivity index (χ2n) is 9.31. The smallest absolute Gasteiger partial charge is 0.339 e. The van der Waals surface area contributed by atoms with Crippen molar-refractivity contribution in [1.82, 2.24) is 4.58 Å². The van der Waals surface area contributed by atoms with Crippen LogP contribution in [0, 0.1) is 24.0 Å². The maximum atomic E-state index is 15.9. The molecular formula is C28H21F3N3O3+. The number of hydrogen-bond donors (Lipinski definition) is 1. The van der Waals surface area contributed by atoms with Gasteiger partial charge < -0.3 is 19.3 Å². The molecule has 0 saturated carbocycles. The minimum Gasteiger partial charge on any atom is -0.478 e. The van der Waals surface area contributed by atoms with Crippen LogP contribution in [0.25, 0.3) is 38.3 Å². The van der Waals surface area contributed by atoms with Gasteiger partial charge in [-0.15, -0.1) is 0 Å². The summed E-state index contributed by atoms with van der Waals surface area (Å²) < 4.78 is 54.2. The van der Waals surface area contributed by atoms with Gasteiger partial charge in [-0.1, -0.05) is 0 Å². The summed E-state index contributed by atoms with van der Waals surface area (Å²) in [6.07, 6.45) is 2.12. The lowest BCUT2D eigenvalue weighted by Crippen LogP contribution is -2.40. The highest BCUT2D eigenvalue weighted by molar-refractivity contribution is 6.08. The van der Waals surface area contributed by atoms with Crippen molar-refractivity contribution in [2.75, 3.05) is 31.1 Å². The van der Waals surface area contributed by atoms with Gasteiger partial charge in [0.05, 0.1) is 12.5 Å². The fourth-order valence-electron chi connectivity index (χ4n) is 5.04. The van der Waals surface area contributed by atoms with E-state index in [9.17, 15) is 14.3 Å². The van der Waals surface area contributed by atoms with Crippen molar-refractivity contribution in [3.63, 3.8) is 0 Å². The van der Waals surface area contributed by atoms with Gasteiger partial charge in [-0.05, 0) is 24.6 Å². The van der Waals surface area contributed by atoms with Crippen LogP contribution in [0.2, 0.25) is 0 Å². The summed E-state index contributed by atoms with van der Waals surface area (Å²) in [6.45, 7) is 9.84. The van der Waals surface area contributed by atoms with Crippen LogP contribution in [-0.4, -0.2) is 37.3 Å². The summed E-state index contributed by atoms with van der Waals surface area (Å²) in [4.78, 5) is 17.3. The number of carbonyl (C=O) groups is 1. The SMILES string of the molecule is [C-]#[N+]Cc1c(F)c(F)c(C(=O)O)c(-c2c3ccc(=[N+]4CCC4)cc-3oc3cc(N4CCC4)ccc23)c1F. The molecule has 186 valence electrons. The zero-order chi connectivity index (χ0) is 25.8. The lowest BCUT2D eigenvalue weighted by molar-refractivity contribution is 0.0691. The van der Waals surface area contributed by atoms with Crippen molar-refractivity contribution in [2.45, 2.75) is 19.4 Å². The quantitative estimate of drug-likeness (QED) is 0.181. The number of anilines is 1. The van der Waals surface area contributed by atoms with E-state index in [2.05, 4.69) is 14.3 Å². The predicted molar refractivity (Wildman–Crippen MR) is 132 cm³/mol. The van der Waals surface area contributed by atoms with Gasteiger partial charge in [0, 0.05) is 53.0 Å². The highest BCUT2D eigenvalue weighted by atomic mass is 19.2. The second-order valence-corrected chi connectivity index (χ2v) is 9.31. The molecular weight excluding hydrogens is 483 g/mol. The molecule has 0 bridgehead atoms. The first-order chi connectivity index (χ1) is 17.9. The Balaban J connectivity index is 1.76. The zero-order valence-electron chi connectivity index (χ0n) is 19.7. The Morgan fingerprint density at radius 3 is 2.43 bits per heavy atom. The molecule has 6 nitrogen and oxygen atoms in total. The number of nitrogens with zero attached hydrogens (tertiary/aromatic N) is 3. The standard InChI is InChI=1S/C28H20F3N3O3/c1-32-14-19-25(29)23(24(28(35)36)27(31)26(19)30)22-17-6-4-15(33-8-2-9-33)12-20(17)37-21-13-16(5-7-18(21)22)34-10-3-11-34/h4-7,12-13H,2-3,8-11,14H2/p+1. The van der Waals surface area contributed by atoms with Crippen LogP contribution in [0.3, 0.4) is 0 Å². The summed E-state index contributed by atoms with van der Waals surface area (Å²) in [5, 5.41) is 11.1. The number of halogens is 3. The molecule has 2 saturated heterocycles. The molecule has 37 heavy (non-hydrogen) atoms. The van der Waals surface area contributed by atoms with E-state index in [-0.39, 0.29) is 5.56 Å². The van der Waals surface area contributed by atoms with Gasteiger partial charge in [-0.2, -0.15) is 0 Å². The molecule has 0 unspecified atom stereocenters. The van der Waals surface area contributed by atoms with Crippen molar-refractivity contribution < 1.29 is 27.5 Å². The van der Waals surface area contributed by atoms with Crippen LogP contribution in [0.15, 0.2) is 40.8 Å². The van der Waals surface area contributed by atoms with E-state index in [0.717, 1.165) is 50.1 Å². The highest BCUT2D eigenvalue weighted by Gasteiger charge is 2.34. The fourth-order valence-corrected chi connectivity index (χ4v) is 5.04. The maximum absolute atomic E-state index is 15.9. The number of rotatable bonds is 4. The number of fused-ring (bicyclic) bond motifs is 2. The number of carboxylic acids is 1. The molecule has 0 amide bonds. The Bertz CT molecular complexity index is 1690. The average Bonchev–Trinajstić information content (AvgIpc) is 2.80. The molecule has 3 aliphatic heterocycles. The van der Waals surface area contributed by atoms with Crippen LogP contribution >= 0.6 is 0 Å². The van der Waals surface area contributed by atoms with E-state index < -0.39 is 46.7 Å². The number of hydrogen-bond acceptors (Lipinski definition) is 3. The van der Waals surface area contributed by atoms with Gasteiger partial charge in [0.25, 0.3) is 0 Å². The van der Waals surface area contributed by atoms with E-state index in [0.29, 0.717) is 22.3 Å². The van der Waals surface area contributed by atoms with Crippen LogP contribution in [-0.2, 0) is 6.54 Å². The third-order valence-electron chi connectivity index (χ3n) is 7.24. The molecule has 1 N–H and O–H groups in total. The van der Waals surface area contributed by atoms with E-state index in [1.165, 1.54) is 0 Å². The first kappa shape index (κ1) is 23.1. The summed E-state index contributed by atoms with van der Waals surface area (Å²) in [6, 6.07) is 10.6. The molecule has 0 spiro atoms. The molecule has 0 aromatic heterocycles. The first-order valence-electron chi connectivity index (χ1n) is 12.0. The molecule has 1 aliphatic carbocycles. The van der Waals surface area contributed by atoms with Gasteiger partial charge in [-0.25, -0.2) is 29.1 Å². The van der Waals surface area contributed by atoms with Crippen LogP contribution in [0.5, 0.6) is 0 Å². The summed E-state index contributed by atoms with van der Waals surface area (Å²) in [7, 11) is 0. The van der Waals surface area contributed by atoms with Crippen LogP contribution in [0.1, 0.15) is 28.8 Å². The molecule has 6 rings (SSSR count). The Labute approximate surface area is 209 Å². The van der Waals surface area contributed by atoms with Crippen LogP contribution in [0.4, 0.5) is 18.9 Å². The highest BCUT2D eigenvalue weighted by Crippen LogP contribution is 2.45. The summed E-state index contributed by atoms with van der Waals surface area (Å²) >= 11 is 0.